The van der Waals surface area contributed by atoms with Gasteiger partial charge in [0.25, 0.3) is 0 Å². The van der Waals surface area contributed by atoms with Gasteiger partial charge in [-0.1, -0.05) is 6.07 Å². The summed E-state index contributed by atoms with van der Waals surface area (Å²) in [6, 6.07) is 5.59. The number of anilines is 1. The van der Waals surface area contributed by atoms with E-state index in [0.29, 0.717) is 24.7 Å². The number of aliphatic hydroxyl groups is 1. The van der Waals surface area contributed by atoms with Crippen LogP contribution in [0.1, 0.15) is 18.7 Å². The number of nitrogen functional groups attached to an aromatic ring is 1. The molecule has 6 heteroatoms. The highest BCUT2D eigenvalue weighted by molar-refractivity contribution is 5.85. The van der Waals surface area contributed by atoms with E-state index in [1.165, 1.54) is 0 Å². The molecule has 2 heterocycles. The van der Waals surface area contributed by atoms with Gasteiger partial charge in [0.2, 0.25) is 5.89 Å². The molecule has 2 aromatic rings. The van der Waals surface area contributed by atoms with E-state index in [1.807, 2.05) is 18.2 Å². The zero-order valence-electron chi connectivity index (χ0n) is 12.0. The molecule has 1 aliphatic heterocycles. The summed E-state index contributed by atoms with van der Waals surface area (Å²) in [5.41, 5.74) is 8.03. The van der Waals surface area contributed by atoms with E-state index in [0.717, 1.165) is 37.0 Å². The maximum Gasteiger partial charge on any atom is 0.209 e. The van der Waals surface area contributed by atoms with Crippen LogP contribution in [0, 0.1) is 0 Å². The number of ether oxygens (including phenoxy) is 1. The maximum atomic E-state index is 8.77. The van der Waals surface area contributed by atoms with Crippen LogP contribution >= 0.6 is 0 Å². The Bertz CT molecular complexity index is 591. The van der Waals surface area contributed by atoms with Crippen LogP contribution in [0.3, 0.4) is 0 Å². The number of nitrogens with two attached hydrogens (primary N) is 1. The Hall–Kier alpha value is -1.63. The maximum absolute atomic E-state index is 8.77. The average molecular weight is 291 g/mol. The fraction of sp³-hybridized carbons (Fsp3) is 0.533. The van der Waals surface area contributed by atoms with Crippen LogP contribution in [-0.2, 0) is 11.3 Å². The molecular weight excluding hydrogens is 270 g/mol. The quantitative estimate of drug-likeness (QED) is 0.810. The summed E-state index contributed by atoms with van der Waals surface area (Å²) in [6.07, 6.45) is 2.21. The molecular formula is C15H21N3O3. The summed E-state index contributed by atoms with van der Waals surface area (Å²) in [5, 5.41) is 8.77. The molecule has 1 aromatic heterocycles. The van der Waals surface area contributed by atoms with Gasteiger partial charge < -0.3 is 20.0 Å². The van der Waals surface area contributed by atoms with E-state index in [4.69, 9.17) is 20.0 Å². The summed E-state index contributed by atoms with van der Waals surface area (Å²) < 4.78 is 11.3. The number of aliphatic hydroxyl groups excluding tert-OH is 1. The molecule has 1 aliphatic rings. The van der Waals surface area contributed by atoms with Gasteiger partial charge in [-0.05, 0) is 25.0 Å². The van der Waals surface area contributed by atoms with Gasteiger partial charge in [-0.3, -0.25) is 4.90 Å². The largest absolute Gasteiger partial charge is 0.439 e. The van der Waals surface area contributed by atoms with Crippen molar-refractivity contribution < 1.29 is 14.3 Å². The lowest BCUT2D eigenvalue weighted by Crippen LogP contribution is -2.37. The van der Waals surface area contributed by atoms with E-state index < -0.39 is 0 Å². The summed E-state index contributed by atoms with van der Waals surface area (Å²) in [5.74, 6) is 0.706. The number of benzene rings is 1. The molecule has 114 valence electrons. The van der Waals surface area contributed by atoms with Crippen LogP contribution in [0.5, 0.6) is 0 Å². The highest BCUT2D eigenvalue weighted by Crippen LogP contribution is 2.23. The highest BCUT2D eigenvalue weighted by atomic mass is 16.5. The van der Waals surface area contributed by atoms with Crippen molar-refractivity contribution in [2.75, 3.05) is 32.0 Å². The van der Waals surface area contributed by atoms with Crippen LogP contribution in [0.4, 0.5) is 5.69 Å². The van der Waals surface area contributed by atoms with Crippen molar-refractivity contribution in [3.63, 3.8) is 0 Å². The average Bonchev–Trinajstić information content (AvgIpc) is 2.91. The molecule has 0 aliphatic carbocycles. The summed E-state index contributed by atoms with van der Waals surface area (Å²) in [7, 11) is 0. The lowest BCUT2D eigenvalue weighted by atomic mass is 10.1. The lowest BCUT2D eigenvalue weighted by molar-refractivity contribution is -0.0101. The smallest absolute Gasteiger partial charge is 0.209 e. The fourth-order valence-electron chi connectivity index (χ4n) is 2.73. The first-order chi connectivity index (χ1) is 10.3. The predicted molar refractivity (Wildman–Crippen MR) is 79.8 cm³/mol. The Morgan fingerprint density at radius 2 is 2.19 bits per heavy atom. The first-order valence-corrected chi connectivity index (χ1v) is 7.35. The zero-order valence-corrected chi connectivity index (χ0v) is 12.0. The van der Waals surface area contributed by atoms with Gasteiger partial charge in [0.15, 0.2) is 5.58 Å². The van der Waals surface area contributed by atoms with Gasteiger partial charge in [-0.2, -0.15) is 0 Å². The molecule has 1 saturated heterocycles. The highest BCUT2D eigenvalue weighted by Gasteiger charge is 2.21. The van der Waals surface area contributed by atoms with Gasteiger partial charge in [-0.15, -0.1) is 0 Å². The number of para-hydroxylation sites is 1. The van der Waals surface area contributed by atoms with Gasteiger partial charge in [0.1, 0.15) is 5.52 Å². The summed E-state index contributed by atoms with van der Waals surface area (Å²) >= 11 is 0. The third-order valence-corrected chi connectivity index (χ3v) is 3.83. The first-order valence-electron chi connectivity index (χ1n) is 7.35. The molecule has 3 N–H and O–H groups in total. The van der Waals surface area contributed by atoms with Gasteiger partial charge in [0.05, 0.1) is 31.5 Å². The second kappa shape index (κ2) is 6.43. The van der Waals surface area contributed by atoms with Crippen LogP contribution in [0.25, 0.3) is 11.1 Å². The topological polar surface area (TPSA) is 84.8 Å². The number of hydrogen-bond donors (Lipinski definition) is 2. The fourth-order valence-corrected chi connectivity index (χ4v) is 2.73. The second-order valence-corrected chi connectivity index (χ2v) is 5.37. The molecule has 0 unspecified atom stereocenters. The Labute approximate surface area is 123 Å². The molecule has 0 saturated carbocycles. The minimum atomic E-state index is 0.0878. The molecule has 0 spiro atoms. The molecule has 0 atom stereocenters. The number of aromatic nitrogens is 1. The zero-order chi connectivity index (χ0) is 14.7. The van der Waals surface area contributed by atoms with Crippen molar-refractivity contribution in [2.45, 2.75) is 25.5 Å². The van der Waals surface area contributed by atoms with Crippen LogP contribution in [0.15, 0.2) is 22.6 Å². The molecule has 1 fully saturated rings. The van der Waals surface area contributed by atoms with Crippen molar-refractivity contribution >= 4 is 16.8 Å². The van der Waals surface area contributed by atoms with E-state index >= 15 is 0 Å². The van der Waals surface area contributed by atoms with Crippen molar-refractivity contribution in [3.8, 4) is 0 Å². The van der Waals surface area contributed by atoms with Gasteiger partial charge >= 0.3 is 0 Å². The Kier molecular flexibility index (Phi) is 4.38. The number of hydrogen-bond acceptors (Lipinski definition) is 6. The SMILES string of the molecule is Nc1cccc2oc(CN3CCC(OCCO)CC3)nc12. The number of oxazole rings is 1. The molecule has 3 rings (SSSR count). The third kappa shape index (κ3) is 3.34. The summed E-state index contributed by atoms with van der Waals surface area (Å²) in [4.78, 5) is 6.78. The summed E-state index contributed by atoms with van der Waals surface area (Å²) in [6.45, 7) is 3.11. The monoisotopic (exact) mass is 291 g/mol. The number of fused-ring (bicyclic) bond motifs is 1. The number of piperidine rings is 1. The molecule has 0 amide bonds. The Morgan fingerprint density at radius 3 is 2.90 bits per heavy atom. The third-order valence-electron chi connectivity index (χ3n) is 3.83. The van der Waals surface area contributed by atoms with Gasteiger partial charge in [0, 0.05) is 13.1 Å². The Morgan fingerprint density at radius 1 is 1.38 bits per heavy atom. The van der Waals surface area contributed by atoms with E-state index in [1.54, 1.807) is 0 Å². The normalized spacial score (nSPS) is 17.6. The molecule has 0 radical (unpaired) electrons. The number of rotatable bonds is 5. The predicted octanol–water partition coefficient (Wildman–Crippen LogP) is 1.38. The second-order valence-electron chi connectivity index (χ2n) is 5.37. The van der Waals surface area contributed by atoms with Crippen molar-refractivity contribution in [3.05, 3.63) is 24.1 Å². The van der Waals surface area contributed by atoms with Crippen molar-refractivity contribution in [1.29, 1.82) is 0 Å². The van der Waals surface area contributed by atoms with Crippen LogP contribution < -0.4 is 5.73 Å². The van der Waals surface area contributed by atoms with E-state index in [-0.39, 0.29) is 12.7 Å². The minimum Gasteiger partial charge on any atom is -0.439 e. The Balaban J connectivity index is 1.58. The molecule has 1 aromatic carbocycles. The number of nitrogens with zero attached hydrogens (tertiary/aromatic N) is 2. The van der Waals surface area contributed by atoms with Gasteiger partial charge in [-0.25, -0.2) is 4.98 Å². The standard InChI is InChI=1S/C15H21N3O3/c16-12-2-1-3-13-15(12)17-14(21-13)10-18-6-4-11(5-7-18)20-9-8-19/h1-3,11,19H,4-10,16H2. The van der Waals surface area contributed by atoms with E-state index in [2.05, 4.69) is 9.88 Å². The lowest BCUT2D eigenvalue weighted by Gasteiger charge is -2.30. The van der Waals surface area contributed by atoms with E-state index in [9.17, 15) is 0 Å². The van der Waals surface area contributed by atoms with Crippen molar-refractivity contribution in [2.24, 2.45) is 0 Å². The first kappa shape index (κ1) is 14.3. The molecule has 0 bridgehead atoms. The minimum absolute atomic E-state index is 0.0878. The van der Waals surface area contributed by atoms with Crippen molar-refractivity contribution in [1.82, 2.24) is 9.88 Å². The molecule has 21 heavy (non-hydrogen) atoms. The molecule has 6 nitrogen and oxygen atoms in total. The van der Waals surface area contributed by atoms with Crippen LogP contribution in [0.2, 0.25) is 0 Å². The number of likely N-dealkylation sites (tertiary alicyclic amines) is 1. The van der Waals surface area contributed by atoms with Crippen LogP contribution in [-0.4, -0.2) is 47.4 Å².